The summed E-state index contributed by atoms with van der Waals surface area (Å²) in [5, 5.41) is 8.72. The summed E-state index contributed by atoms with van der Waals surface area (Å²) in [6, 6.07) is 0. The van der Waals surface area contributed by atoms with Crippen molar-refractivity contribution in [2.24, 2.45) is 16.1 Å². The molecule has 60 valence electrons. The quantitative estimate of drug-likeness (QED) is 0.589. The standard InChI is InChI=1S/C7H11N3S/c1-2-10-6(5-3-4-5)8-9-7(10)11/h5-6H,2-4H2,1H3. The van der Waals surface area contributed by atoms with E-state index in [-0.39, 0.29) is 6.17 Å². The van der Waals surface area contributed by atoms with E-state index in [0.717, 1.165) is 12.5 Å². The SMILES string of the molecule is CCN1C(=S)N=NC1C1CC1. The Bertz CT molecular complexity index is 210. The van der Waals surface area contributed by atoms with Crippen LogP contribution in [0.15, 0.2) is 10.2 Å². The summed E-state index contributed by atoms with van der Waals surface area (Å²) in [5.74, 6) is 0.735. The normalized spacial score (nSPS) is 30.1. The molecule has 0 aromatic heterocycles. The molecule has 1 atom stereocenters. The second-order valence-electron chi connectivity index (χ2n) is 3.04. The van der Waals surface area contributed by atoms with E-state index in [1.165, 1.54) is 12.8 Å². The van der Waals surface area contributed by atoms with Gasteiger partial charge in [-0.2, -0.15) is 5.11 Å². The van der Waals surface area contributed by atoms with Crippen LogP contribution in [-0.2, 0) is 0 Å². The van der Waals surface area contributed by atoms with Gasteiger partial charge in [0.05, 0.1) is 0 Å². The van der Waals surface area contributed by atoms with Gasteiger partial charge >= 0.3 is 0 Å². The van der Waals surface area contributed by atoms with Gasteiger partial charge in [0.2, 0.25) is 5.11 Å². The predicted molar refractivity (Wildman–Crippen MR) is 46.3 cm³/mol. The molecule has 0 amide bonds. The topological polar surface area (TPSA) is 28.0 Å². The molecule has 2 aliphatic rings. The molecule has 0 saturated heterocycles. The van der Waals surface area contributed by atoms with Gasteiger partial charge in [0, 0.05) is 12.5 Å². The molecule has 1 heterocycles. The highest BCUT2D eigenvalue weighted by Crippen LogP contribution is 2.38. The molecule has 0 spiro atoms. The van der Waals surface area contributed by atoms with E-state index in [0.29, 0.717) is 5.11 Å². The van der Waals surface area contributed by atoms with Crippen LogP contribution >= 0.6 is 12.2 Å². The molecule has 1 fully saturated rings. The summed E-state index contributed by atoms with van der Waals surface area (Å²) in [4.78, 5) is 2.10. The fourth-order valence-electron chi connectivity index (χ4n) is 1.41. The van der Waals surface area contributed by atoms with Crippen molar-refractivity contribution in [3.8, 4) is 0 Å². The van der Waals surface area contributed by atoms with E-state index in [9.17, 15) is 0 Å². The van der Waals surface area contributed by atoms with Crippen molar-refractivity contribution in [1.82, 2.24) is 4.90 Å². The molecule has 1 aliphatic heterocycles. The second-order valence-corrected chi connectivity index (χ2v) is 3.40. The second kappa shape index (κ2) is 2.52. The van der Waals surface area contributed by atoms with Gasteiger partial charge in [-0.25, -0.2) is 0 Å². The average Bonchev–Trinajstić information content (AvgIpc) is 2.76. The van der Waals surface area contributed by atoms with Crippen LogP contribution in [0.2, 0.25) is 0 Å². The molecular formula is C7H11N3S. The lowest BCUT2D eigenvalue weighted by Crippen LogP contribution is -2.33. The lowest BCUT2D eigenvalue weighted by molar-refractivity contribution is 0.322. The summed E-state index contributed by atoms with van der Waals surface area (Å²) in [6.07, 6.45) is 2.87. The fourth-order valence-corrected chi connectivity index (χ4v) is 1.69. The summed E-state index contributed by atoms with van der Waals surface area (Å²) in [5.41, 5.74) is 0. The highest BCUT2D eigenvalue weighted by Gasteiger charge is 2.38. The number of thiocarbonyl (C=S) groups is 1. The average molecular weight is 169 g/mol. The number of hydrogen-bond donors (Lipinski definition) is 0. The Balaban J connectivity index is 2.08. The first-order valence-electron chi connectivity index (χ1n) is 4.04. The highest BCUT2D eigenvalue weighted by atomic mass is 32.1. The Labute approximate surface area is 71.5 Å². The van der Waals surface area contributed by atoms with Crippen molar-refractivity contribution in [3.05, 3.63) is 0 Å². The molecule has 0 aromatic carbocycles. The van der Waals surface area contributed by atoms with E-state index < -0.39 is 0 Å². The Kier molecular flexibility index (Phi) is 1.64. The molecule has 0 radical (unpaired) electrons. The molecule has 1 aliphatic carbocycles. The summed E-state index contributed by atoms with van der Waals surface area (Å²) >= 11 is 5.03. The van der Waals surface area contributed by atoms with Crippen LogP contribution in [0.25, 0.3) is 0 Å². The molecule has 2 rings (SSSR count). The minimum absolute atomic E-state index is 0.285. The van der Waals surface area contributed by atoms with Crippen molar-refractivity contribution >= 4 is 17.3 Å². The third-order valence-corrected chi connectivity index (χ3v) is 2.53. The Morgan fingerprint density at radius 2 is 2.36 bits per heavy atom. The van der Waals surface area contributed by atoms with E-state index in [1.54, 1.807) is 0 Å². The van der Waals surface area contributed by atoms with Crippen LogP contribution in [0.5, 0.6) is 0 Å². The maximum atomic E-state index is 5.03. The van der Waals surface area contributed by atoms with Gasteiger partial charge in [0.1, 0.15) is 6.17 Å². The number of hydrogen-bond acceptors (Lipinski definition) is 2. The van der Waals surface area contributed by atoms with Gasteiger partial charge in [-0.05, 0) is 32.0 Å². The van der Waals surface area contributed by atoms with E-state index >= 15 is 0 Å². The predicted octanol–water partition coefficient (Wildman–Crippen LogP) is 1.80. The van der Waals surface area contributed by atoms with Crippen molar-refractivity contribution in [3.63, 3.8) is 0 Å². The molecule has 11 heavy (non-hydrogen) atoms. The van der Waals surface area contributed by atoms with Gasteiger partial charge in [-0.15, -0.1) is 5.11 Å². The van der Waals surface area contributed by atoms with Gasteiger partial charge in [-0.1, -0.05) is 0 Å². The van der Waals surface area contributed by atoms with Gasteiger partial charge in [0.25, 0.3) is 0 Å². The lowest BCUT2D eigenvalue weighted by Gasteiger charge is -2.20. The first-order valence-corrected chi connectivity index (χ1v) is 4.45. The Hall–Kier alpha value is -0.510. The maximum Gasteiger partial charge on any atom is 0.217 e. The van der Waals surface area contributed by atoms with E-state index in [2.05, 4.69) is 22.1 Å². The molecule has 0 aromatic rings. The molecule has 1 unspecified atom stereocenters. The smallest absolute Gasteiger partial charge is 0.217 e. The van der Waals surface area contributed by atoms with E-state index in [4.69, 9.17) is 12.2 Å². The third-order valence-electron chi connectivity index (χ3n) is 2.21. The van der Waals surface area contributed by atoms with Gasteiger partial charge in [0.15, 0.2) is 0 Å². The first kappa shape index (κ1) is 7.16. The molecule has 0 bridgehead atoms. The van der Waals surface area contributed by atoms with Gasteiger partial charge < -0.3 is 4.90 Å². The summed E-state index contributed by atoms with van der Waals surface area (Å²) < 4.78 is 0. The summed E-state index contributed by atoms with van der Waals surface area (Å²) in [6.45, 7) is 3.03. The van der Waals surface area contributed by atoms with Crippen LogP contribution in [0, 0.1) is 5.92 Å². The first-order chi connectivity index (χ1) is 5.33. The number of rotatable bonds is 2. The third kappa shape index (κ3) is 1.15. The van der Waals surface area contributed by atoms with Crippen molar-refractivity contribution < 1.29 is 0 Å². The minimum atomic E-state index is 0.285. The maximum absolute atomic E-state index is 5.03. The zero-order valence-corrected chi connectivity index (χ0v) is 7.34. The number of azo groups is 1. The molecule has 1 saturated carbocycles. The zero-order chi connectivity index (χ0) is 7.84. The molecular weight excluding hydrogens is 158 g/mol. The minimum Gasteiger partial charge on any atom is -0.322 e. The molecule has 3 nitrogen and oxygen atoms in total. The van der Waals surface area contributed by atoms with Crippen molar-refractivity contribution in [2.75, 3.05) is 6.54 Å². The number of nitrogens with zero attached hydrogens (tertiary/aromatic N) is 3. The zero-order valence-electron chi connectivity index (χ0n) is 6.53. The molecule has 0 N–H and O–H groups in total. The van der Waals surface area contributed by atoms with Crippen LogP contribution in [-0.4, -0.2) is 22.7 Å². The Morgan fingerprint density at radius 3 is 2.91 bits per heavy atom. The van der Waals surface area contributed by atoms with E-state index in [1.807, 2.05) is 0 Å². The fraction of sp³-hybridized carbons (Fsp3) is 0.857. The van der Waals surface area contributed by atoms with Crippen molar-refractivity contribution in [2.45, 2.75) is 25.9 Å². The van der Waals surface area contributed by atoms with Crippen LogP contribution in [0.1, 0.15) is 19.8 Å². The highest BCUT2D eigenvalue weighted by molar-refractivity contribution is 7.80. The van der Waals surface area contributed by atoms with Crippen LogP contribution in [0.4, 0.5) is 0 Å². The van der Waals surface area contributed by atoms with Crippen molar-refractivity contribution in [1.29, 1.82) is 0 Å². The largest absolute Gasteiger partial charge is 0.322 e. The van der Waals surface area contributed by atoms with Crippen LogP contribution < -0.4 is 0 Å². The monoisotopic (exact) mass is 169 g/mol. The molecule has 4 heteroatoms. The Morgan fingerprint density at radius 1 is 1.64 bits per heavy atom. The van der Waals surface area contributed by atoms with Crippen LogP contribution in [0.3, 0.4) is 0 Å². The summed E-state index contributed by atoms with van der Waals surface area (Å²) in [7, 11) is 0. The van der Waals surface area contributed by atoms with Gasteiger partial charge in [-0.3, -0.25) is 0 Å². The lowest BCUT2D eigenvalue weighted by atomic mass is 10.3.